The van der Waals surface area contributed by atoms with Crippen LogP contribution in [0.4, 0.5) is 9.52 Å². The summed E-state index contributed by atoms with van der Waals surface area (Å²) in [6, 6.07) is 11.1. The van der Waals surface area contributed by atoms with Gasteiger partial charge in [-0.15, -0.1) is 0 Å². The quantitative estimate of drug-likeness (QED) is 0.621. The lowest BCUT2D eigenvalue weighted by molar-refractivity contribution is -0.858. The van der Waals surface area contributed by atoms with Gasteiger partial charge in [0.05, 0.1) is 30.9 Å². The molecule has 0 unspecified atom stereocenters. The number of thiazole rings is 1. The number of Topliss-reactive ketones (excluding diaryl/α,β-unsaturated/α-hetero) is 1. The van der Waals surface area contributed by atoms with E-state index in [9.17, 15) is 14.0 Å². The number of benzene rings is 2. The molecule has 0 fully saturated rings. The number of nitrogens with one attached hydrogen (secondary N) is 1. The van der Waals surface area contributed by atoms with E-state index in [2.05, 4.69) is 19.1 Å². The highest BCUT2D eigenvalue weighted by atomic mass is 32.1. The maximum atomic E-state index is 13.5. The molecular weight excluding hydrogens is 377 g/mol. The molecule has 7 heteroatoms. The van der Waals surface area contributed by atoms with Crippen LogP contribution < -0.4 is 9.80 Å². The van der Waals surface area contributed by atoms with Crippen molar-refractivity contribution in [2.45, 2.75) is 13.3 Å². The lowest BCUT2D eigenvalue weighted by atomic mass is 10.1. The van der Waals surface area contributed by atoms with Crippen molar-refractivity contribution in [1.82, 2.24) is 4.98 Å². The number of ketones is 1. The van der Waals surface area contributed by atoms with Crippen molar-refractivity contribution in [3.8, 4) is 0 Å². The van der Waals surface area contributed by atoms with Crippen LogP contribution in [0, 0.1) is 5.82 Å². The van der Waals surface area contributed by atoms with Gasteiger partial charge in [0, 0.05) is 24.1 Å². The number of amides is 1. The predicted octanol–water partition coefficient (Wildman–Crippen LogP) is 2.82. The lowest BCUT2D eigenvalue weighted by Gasteiger charge is -2.20. The first-order chi connectivity index (χ1) is 13.3. The molecule has 0 spiro atoms. The third-order valence-electron chi connectivity index (χ3n) is 4.41. The summed E-state index contributed by atoms with van der Waals surface area (Å²) in [5, 5.41) is 0.551. The summed E-state index contributed by atoms with van der Waals surface area (Å²) < 4.78 is 14.2. The number of aromatic nitrogens is 1. The molecule has 0 aliphatic heterocycles. The van der Waals surface area contributed by atoms with Crippen LogP contribution >= 0.6 is 11.3 Å². The second-order valence-corrected chi connectivity index (χ2v) is 8.02. The zero-order chi connectivity index (χ0) is 20.3. The SMILES string of the molecule is CC(=O)c1ccc(C(=O)N(CCC[NH+](C)C)c2nc3ccc(F)cc3s2)cc1. The van der Waals surface area contributed by atoms with Gasteiger partial charge < -0.3 is 4.90 Å². The third kappa shape index (κ3) is 4.61. The molecule has 1 amide bonds. The Balaban J connectivity index is 1.92. The van der Waals surface area contributed by atoms with Gasteiger partial charge in [-0.2, -0.15) is 0 Å². The Kier molecular flexibility index (Phi) is 6.16. The monoisotopic (exact) mass is 400 g/mol. The fraction of sp³-hybridized carbons (Fsp3) is 0.286. The molecule has 3 rings (SSSR count). The average molecular weight is 400 g/mol. The molecule has 0 aliphatic rings. The van der Waals surface area contributed by atoms with E-state index in [1.165, 1.54) is 35.3 Å². The number of hydrogen-bond donors (Lipinski definition) is 1. The van der Waals surface area contributed by atoms with Crippen molar-refractivity contribution in [2.24, 2.45) is 0 Å². The maximum absolute atomic E-state index is 13.5. The largest absolute Gasteiger partial charge is 0.340 e. The molecule has 0 bridgehead atoms. The Morgan fingerprint density at radius 1 is 1.11 bits per heavy atom. The topological polar surface area (TPSA) is 54.7 Å². The number of nitrogens with zero attached hydrogens (tertiary/aromatic N) is 2. The molecule has 0 atom stereocenters. The molecule has 2 aromatic carbocycles. The van der Waals surface area contributed by atoms with E-state index in [0.717, 1.165) is 13.0 Å². The molecule has 1 aromatic heterocycles. The number of quaternary nitrogens is 1. The van der Waals surface area contributed by atoms with Crippen molar-refractivity contribution in [3.63, 3.8) is 0 Å². The van der Waals surface area contributed by atoms with Crippen molar-refractivity contribution in [2.75, 3.05) is 32.1 Å². The minimum Gasteiger partial charge on any atom is -0.340 e. The van der Waals surface area contributed by atoms with Gasteiger partial charge in [-0.25, -0.2) is 9.37 Å². The number of halogens is 1. The van der Waals surface area contributed by atoms with Gasteiger partial charge in [-0.3, -0.25) is 14.5 Å². The van der Waals surface area contributed by atoms with E-state index in [4.69, 9.17) is 0 Å². The fourth-order valence-electron chi connectivity index (χ4n) is 2.88. The maximum Gasteiger partial charge on any atom is 0.260 e. The van der Waals surface area contributed by atoms with Crippen molar-refractivity contribution in [3.05, 3.63) is 59.4 Å². The molecule has 146 valence electrons. The van der Waals surface area contributed by atoms with E-state index >= 15 is 0 Å². The van der Waals surface area contributed by atoms with Gasteiger partial charge in [0.1, 0.15) is 5.82 Å². The second kappa shape index (κ2) is 8.58. The van der Waals surface area contributed by atoms with Crippen LogP contribution in [-0.4, -0.2) is 43.9 Å². The molecule has 0 aliphatic carbocycles. The summed E-state index contributed by atoms with van der Waals surface area (Å²) in [6.45, 7) is 2.92. The molecule has 5 nitrogen and oxygen atoms in total. The molecule has 0 saturated carbocycles. The van der Waals surface area contributed by atoms with Gasteiger partial charge in [-0.05, 0) is 37.3 Å². The van der Waals surface area contributed by atoms with Crippen molar-refractivity contribution in [1.29, 1.82) is 0 Å². The standard InChI is InChI=1S/C21H22FN3O2S/c1-14(26)15-5-7-16(8-6-15)20(27)25(12-4-11-24(2)3)21-23-18-10-9-17(22)13-19(18)28-21/h5-10,13H,4,11-12H2,1-3H3/p+1. The lowest BCUT2D eigenvalue weighted by Crippen LogP contribution is -3.05. The summed E-state index contributed by atoms with van der Waals surface area (Å²) in [4.78, 5) is 32.1. The molecule has 1 heterocycles. The molecular formula is C21H23FN3O2S+. The highest BCUT2D eigenvalue weighted by Gasteiger charge is 2.22. The van der Waals surface area contributed by atoms with Crippen LogP contribution in [0.3, 0.4) is 0 Å². The van der Waals surface area contributed by atoms with Crippen molar-refractivity contribution >= 4 is 38.4 Å². The van der Waals surface area contributed by atoms with Gasteiger partial charge in [0.2, 0.25) is 0 Å². The molecule has 3 aromatic rings. The smallest absolute Gasteiger partial charge is 0.260 e. The highest BCUT2D eigenvalue weighted by Crippen LogP contribution is 2.30. The van der Waals surface area contributed by atoms with Crippen LogP contribution in [0.2, 0.25) is 0 Å². The normalized spacial score (nSPS) is 11.2. The molecule has 1 N–H and O–H groups in total. The highest BCUT2D eigenvalue weighted by molar-refractivity contribution is 7.22. The second-order valence-electron chi connectivity index (χ2n) is 7.01. The van der Waals surface area contributed by atoms with Crippen LogP contribution in [0.15, 0.2) is 42.5 Å². The van der Waals surface area contributed by atoms with Gasteiger partial charge >= 0.3 is 0 Å². The third-order valence-corrected chi connectivity index (χ3v) is 5.45. The minimum absolute atomic E-state index is 0.0435. The fourth-order valence-corrected chi connectivity index (χ4v) is 3.89. The number of rotatable bonds is 7. The van der Waals surface area contributed by atoms with E-state index in [1.807, 2.05) is 0 Å². The Bertz CT molecular complexity index is 999. The van der Waals surface area contributed by atoms with Crippen LogP contribution in [0.25, 0.3) is 10.2 Å². The molecule has 0 radical (unpaired) electrons. The van der Waals surface area contributed by atoms with Gasteiger partial charge in [0.25, 0.3) is 5.91 Å². The first kappa shape index (κ1) is 20.1. The van der Waals surface area contributed by atoms with E-state index < -0.39 is 0 Å². The van der Waals surface area contributed by atoms with Crippen LogP contribution in [0.1, 0.15) is 34.1 Å². The average Bonchev–Trinajstić information content (AvgIpc) is 3.07. The zero-order valence-electron chi connectivity index (χ0n) is 16.2. The van der Waals surface area contributed by atoms with Gasteiger partial charge in [-0.1, -0.05) is 23.5 Å². The van der Waals surface area contributed by atoms with Crippen LogP contribution in [-0.2, 0) is 0 Å². The number of carbonyl (C=O) groups is 2. The Morgan fingerprint density at radius 3 is 2.43 bits per heavy atom. The summed E-state index contributed by atoms with van der Waals surface area (Å²) in [5.74, 6) is -0.544. The molecule has 0 saturated heterocycles. The zero-order valence-corrected chi connectivity index (χ0v) is 17.0. The van der Waals surface area contributed by atoms with E-state index in [-0.39, 0.29) is 17.5 Å². The summed E-state index contributed by atoms with van der Waals surface area (Å²) in [5.41, 5.74) is 1.73. The number of hydrogen-bond acceptors (Lipinski definition) is 4. The summed E-state index contributed by atoms with van der Waals surface area (Å²) in [7, 11) is 4.13. The first-order valence-corrected chi connectivity index (χ1v) is 9.95. The van der Waals surface area contributed by atoms with Gasteiger partial charge in [0.15, 0.2) is 10.9 Å². The Labute approximate surface area is 167 Å². The number of carbonyl (C=O) groups excluding carboxylic acids is 2. The Hall–Kier alpha value is -2.64. The number of fused-ring (bicyclic) bond motifs is 1. The number of anilines is 1. The summed E-state index contributed by atoms with van der Waals surface area (Å²) >= 11 is 1.30. The summed E-state index contributed by atoms with van der Waals surface area (Å²) in [6.07, 6.45) is 0.809. The molecule has 28 heavy (non-hydrogen) atoms. The van der Waals surface area contributed by atoms with E-state index in [1.54, 1.807) is 35.2 Å². The first-order valence-electron chi connectivity index (χ1n) is 9.13. The Morgan fingerprint density at radius 2 is 1.79 bits per heavy atom. The predicted molar refractivity (Wildman–Crippen MR) is 110 cm³/mol. The van der Waals surface area contributed by atoms with Crippen LogP contribution in [0.5, 0.6) is 0 Å². The van der Waals surface area contributed by atoms with E-state index in [0.29, 0.717) is 33.0 Å². The van der Waals surface area contributed by atoms with Crippen molar-refractivity contribution < 1.29 is 18.9 Å². The minimum atomic E-state index is -0.323.